The van der Waals surface area contributed by atoms with Crippen molar-refractivity contribution in [3.05, 3.63) is 41.6 Å². The lowest BCUT2D eigenvalue weighted by Gasteiger charge is -2.08. The summed E-state index contributed by atoms with van der Waals surface area (Å²) < 4.78 is 27.9. The predicted octanol–water partition coefficient (Wildman–Crippen LogP) is 2.34. The molecule has 0 bridgehead atoms. The van der Waals surface area contributed by atoms with Gasteiger partial charge in [-0.2, -0.15) is 0 Å². The Morgan fingerprint density at radius 2 is 2.22 bits per heavy atom. The van der Waals surface area contributed by atoms with Gasteiger partial charge in [0.1, 0.15) is 5.76 Å². The molecule has 1 aromatic heterocycles. The van der Waals surface area contributed by atoms with E-state index in [1.807, 2.05) is 0 Å². The van der Waals surface area contributed by atoms with Gasteiger partial charge in [0.05, 0.1) is 28.3 Å². The second kappa shape index (κ2) is 4.99. The van der Waals surface area contributed by atoms with E-state index in [-0.39, 0.29) is 4.90 Å². The van der Waals surface area contributed by atoms with Gasteiger partial charge in [0.25, 0.3) is 0 Å². The molecule has 0 spiro atoms. The van der Waals surface area contributed by atoms with Crippen LogP contribution in [0, 0.1) is 0 Å². The Kier molecular flexibility index (Phi) is 3.58. The lowest BCUT2D eigenvalue weighted by molar-refractivity contribution is 0.512. The van der Waals surface area contributed by atoms with Crippen LogP contribution >= 0.6 is 11.6 Å². The van der Waals surface area contributed by atoms with E-state index < -0.39 is 9.84 Å². The van der Waals surface area contributed by atoms with Crippen molar-refractivity contribution in [2.45, 2.75) is 11.4 Å². The number of benzene rings is 1. The highest BCUT2D eigenvalue weighted by atomic mass is 35.5. The monoisotopic (exact) mass is 286 g/mol. The lowest BCUT2D eigenvalue weighted by Crippen LogP contribution is -2.02. The Morgan fingerprint density at radius 3 is 2.83 bits per heavy atom. The number of nitrogens with one attached hydrogen (secondary N) is 1. The predicted molar refractivity (Wildman–Crippen MR) is 68.4 cm³/mol. The molecule has 96 valence electrons. The molecule has 18 heavy (non-hydrogen) atoms. The van der Waals surface area contributed by atoms with E-state index in [1.165, 1.54) is 18.5 Å². The average Bonchev–Trinajstić information content (AvgIpc) is 2.79. The van der Waals surface area contributed by atoms with Gasteiger partial charge in [-0.15, -0.1) is 0 Å². The summed E-state index contributed by atoms with van der Waals surface area (Å²) in [6.07, 6.45) is 4.04. The molecule has 0 aliphatic heterocycles. The molecule has 0 aliphatic carbocycles. The number of oxazole rings is 1. The molecule has 1 aromatic carbocycles. The largest absolute Gasteiger partial charge is 0.447 e. The molecule has 0 saturated heterocycles. The highest BCUT2D eigenvalue weighted by Gasteiger charge is 2.10. The number of anilines is 1. The summed E-state index contributed by atoms with van der Waals surface area (Å²) >= 11 is 5.98. The van der Waals surface area contributed by atoms with Crippen LogP contribution < -0.4 is 5.32 Å². The minimum Gasteiger partial charge on any atom is -0.447 e. The topological polar surface area (TPSA) is 72.2 Å². The average molecular weight is 287 g/mol. The van der Waals surface area contributed by atoms with Crippen LogP contribution in [0.4, 0.5) is 5.69 Å². The SMILES string of the molecule is CS(=O)(=O)c1ccc(Cl)c(NCc2cnco2)c1. The number of nitrogens with zero attached hydrogens (tertiary/aromatic N) is 1. The molecule has 0 fully saturated rings. The Labute approximate surface area is 110 Å². The third-order valence-electron chi connectivity index (χ3n) is 2.30. The zero-order chi connectivity index (χ0) is 13.2. The van der Waals surface area contributed by atoms with Crippen molar-refractivity contribution >= 4 is 27.1 Å². The van der Waals surface area contributed by atoms with E-state index in [1.54, 1.807) is 12.3 Å². The fourth-order valence-electron chi connectivity index (χ4n) is 1.38. The van der Waals surface area contributed by atoms with Gasteiger partial charge in [-0.1, -0.05) is 11.6 Å². The van der Waals surface area contributed by atoms with Crippen molar-refractivity contribution in [3.63, 3.8) is 0 Å². The minimum absolute atomic E-state index is 0.215. The standard InChI is InChI=1S/C11H11ClN2O3S/c1-18(15,16)9-2-3-10(12)11(4-9)14-6-8-5-13-7-17-8/h2-5,7,14H,6H2,1H3. The number of aromatic nitrogens is 1. The maximum absolute atomic E-state index is 11.4. The van der Waals surface area contributed by atoms with Crippen LogP contribution in [-0.2, 0) is 16.4 Å². The van der Waals surface area contributed by atoms with Crippen LogP contribution in [0.1, 0.15) is 5.76 Å². The first-order valence-corrected chi connectivity index (χ1v) is 7.34. The van der Waals surface area contributed by atoms with Gasteiger partial charge in [-0.25, -0.2) is 13.4 Å². The van der Waals surface area contributed by atoms with Crippen LogP contribution in [0.5, 0.6) is 0 Å². The summed E-state index contributed by atoms with van der Waals surface area (Å²) in [5, 5.41) is 3.44. The van der Waals surface area contributed by atoms with Gasteiger partial charge < -0.3 is 9.73 Å². The first-order chi connectivity index (χ1) is 8.47. The zero-order valence-corrected chi connectivity index (χ0v) is 11.1. The van der Waals surface area contributed by atoms with Gasteiger partial charge >= 0.3 is 0 Å². The molecule has 1 N–H and O–H groups in total. The number of halogens is 1. The van der Waals surface area contributed by atoms with Crippen LogP contribution in [-0.4, -0.2) is 19.7 Å². The van der Waals surface area contributed by atoms with E-state index in [0.717, 1.165) is 6.26 Å². The maximum atomic E-state index is 11.4. The molecule has 0 unspecified atom stereocenters. The molecule has 0 radical (unpaired) electrons. The first kappa shape index (κ1) is 12.9. The lowest BCUT2D eigenvalue weighted by atomic mass is 10.3. The number of hydrogen-bond acceptors (Lipinski definition) is 5. The molecule has 5 nitrogen and oxygen atoms in total. The molecule has 0 amide bonds. The second-order valence-corrected chi connectivity index (χ2v) is 6.16. The van der Waals surface area contributed by atoms with E-state index in [0.29, 0.717) is 23.0 Å². The van der Waals surface area contributed by atoms with Gasteiger partial charge in [0, 0.05) is 6.26 Å². The Bertz CT molecular complexity index is 638. The van der Waals surface area contributed by atoms with Crippen molar-refractivity contribution in [2.75, 3.05) is 11.6 Å². The third kappa shape index (κ3) is 3.02. The summed E-state index contributed by atoms with van der Waals surface area (Å²) in [7, 11) is -3.25. The zero-order valence-electron chi connectivity index (χ0n) is 9.55. The fraction of sp³-hybridized carbons (Fsp3) is 0.182. The van der Waals surface area contributed by atoms with E-state index in [4.69, 9.17) is 16.0 Å². The first-order valence-electron chi connectivity index (χ1n) is 5.07. The van der Waals surface area contributed by atoms with Gasteiger partial charge in [0.2, 0.25) is 0 Å². The molecule has 1 heterocycles. The highest BCUT2D eigenvalue weighted by Crippen LogP contribution is 2.25. The summed E-state index contributed by atoms with van der Waals surface area (Å²) in [4.78, 5) is 3.99. The molecule has 0 aliphatic rings. The van der Waals surface area contributed by atoms with Crippen molar-refractivity contribution in [1.82, 2.24) is 4.98 Å². The molecular formula is C11H11ClN2O3S. The van der Waals surface area contributed by atoms with Gasteiger partial charge in [0.15, 0.2) is 16.2 Å². The molecule has 0 atom stereocenters. The molecule has 7 heteroatoms. The summed E-state index contributed by atoms with van der Waals surface area (Å²) in [6.45, 7) is 0.382. The summed E-state index contributed by atoms with van der Waals surface area (Å²) in [5.41, 5.74) is 0.538. The minimum atomic E-state index is -3.25. The fourth-order valence-corrected chi connectivity index (χ4v) is 2.21. The highest BCUT2D eigenvalue weighted by molar-refractivity contribution is 7.90. The number of rotatable bonds is 4. The Hall–Kier alpha value is -1.53. The van der Waals surface area contributed by atoms with Crippen LogP contribution in [0.2, 0.25) is 5.02 Å². The Balaban J connectivity index is 2.22. The van der Waals surface area contributed by atoms with Crippen LogP contribution in [0.25, 0.3) is 0 Å². The van der Waals surface area contributed by atoms with Crippen molar-refractivity contribution in [3.8, 4) is 0 Å². The number of hydrogen-bond donors (Lipinski definition) is 1. The van der Waals surface area contributed by atoms with E-state index in [2.05, 4.69) is 10.3 Å². The second-order valence-electron chi connectivity index (χ2n) is 3.74. The van der Waals surface area contributed by atoms with Gasteiger partial charge in [-0.3, -0.25) is 0 Å². The van der Waals surface area contributed by atoms with E-state index >= 15 is 0 Å². The Morgan fingerprint density at radius 1 is 1.44 bits per heavy atom. The van der Waals surface area contributed by atoms with Crippen LogP contribution in [0.15, 0.2) is 40.1 Å². The number of sulfone groups is 1. The quantitative estimate of drug-likeness (QED) is 0.934. The maximum Gasteiger partial charge on any atom is 0.180 e. The molecule has 0 saturated carbocycles. The molecule has 2 rings (SSSR count). The van der Waals surface area contributed by atoms with Crippen molar-refractivity contribution in [2.24, 2.45) is 0 Å². The summed E-state index contributed by atoms with van der Waals surface area (Å²) in [5.74, 6) is 0.635. The molecule has 2 aromatic rings. The van der Waals surface area contributed by atoms with E-state index in [9.17, 15) is 8.42 Å². The normalized spacial score (nSPS) is 11.4. The van der Waals surface area contributed by atoms with Crippen molar-refractivity contribution < 1.29 is 12.8 Å². The summed E-state index contributed by atoms with van der Waals surface area (Å²) in [6, 6.07) is 4.51. The third-order valence-corrected chi connectivity index (χ3v) is 3.74. The van der Waals surface area contributed by atoms with Crippen molar-refractivity contribution in [1.29, 1.82) is 0 Å². The van der Waals surface area contributed by atoms with Gasteiger partial charge in [-0.05, 0) is 18.2 Å². The molecular weight excluding hydrogens is 276 g/mol. The smallest absolute Gasteiger partial charge is 0.180 e. The van der Waals surface area contributed by atoms with Crippen LogP contribution in [0.3, 0.4) is 0 Å².